The third kappa shape index (κ3) is 4.33. The Morgan fingerprint density at radius 3 is 2.60 bits per heavy atom. The minimum atomic E-state index is 0.115. The Labute approximate surface area is 119 Å². The lowest BCUT2D eigenvalue weighted by molar-refractivity contribution is 0.220. The molecule has 1 aromatic carbocycles. The van der Waals surface area contributed by atoms with Crippen LogP contribution < -0.4 is 5.32 Å². The molecule has 20 heavy (non-hydrogen) atoms. The molecule has 0 aliphatic rings. The maximum Gasteiger partial charge on any atom is 0.120 e. The molecule has 4 heteroatoms. The molecule has 0 spiro atoms. The lowest BCUT2D eigenvalue weighted by Crippen LogP contribution is -2.26. The van der Waals surface area contributed by atoms with Gasteiger partial charge in [0.2, 0.25) is 0 Å². The van der Waals surface area contributed by atoms with Gasteiger partial charge in [0, 0.05) is 37.2 Å². The van der Waals surface area contributed by atoms with Gasteiger partial charge in [-0.25, -0.2) is 0 Å². The number of aliphatic hydroxyl groups is 1. The maximum atomic E-state index is 9.67. The first kappa shape index (κ1) is 14.5. The fourth-order valence-electron chi connectivity index (χ4n) is 2.09. The van der Waals surface area contributed by atoms with Crippen LogP contribution in [0, 0.1) is 5.92 Å². The van der Waals surface area contributed by atoms with Gasteiger partial charge < -0.3 is 15.5 Å². The van der Waals surface area contributed by atoms with E-state index in [0.29, 0.717) is 18.8 Å². The summed E-state index contributed by atoms with van der Waals surface area (Å²) >= 11 is 0. The zero-order valence-corrected chi connectivity index (χ0v) is 11.4. The predicted molar refractivity (Wildman–Crippen MR) is 78.3 cm³/mol. The Kier molecular flexibility index (Phi) is 5.53. The molecule has 0 bridgehead atoms. The lowest BCUT2D eigenvalue weighted by Gasteiger charge is -2.15. The maximum absolute atomic E-state index is 9.67. The van der Waals surface area contributed by atoms with Crippen LogP contribution in [0.4, 0.5) is 0 Å². The molecule has 1 aromatic heterocycles. The molecule has 0 saturated carbocycles. The first-order valence-electron chi connectivity index (χ1n) is 6.78. The van der Waals surface area contributed by atoms with E-state index in [1.165, 1.54) is 0 Å². The minimum absolute atomic E-state index is 0.115. The van der Waals surface area contributed by atoms with Crippen molar-refractivity contribution in [2.24, 2.45) is 5.92 Å². The van der Waals surface area contributed by atoms with Gasteiger partial charge in [-0.05, 0) is 30.5 Å². The van der Waals surface area contributed by atoms with Crippen molar-refractivity contribution in [3.05, 3.63) is 59.9 Å². The number of phenolic OH excluding ortho intramolecular Hbond substituents is 1. The summed E-state index contributed by atoms with van der Waals surface area (Å²) < 4.78 is 0. The highest BCUT2D eigenvalue weighted by Crippen LogP contribution is 2.15. The Bertz CT molecular complexity index is 517. The van der Waals surface area contributed by atoms with Gasteiger partial charge in [0.05, 0.1) is 0 Å². The fourth-order valence-corrected chi connectivity index (χ4v) is 2.09. The van der Waals surface area contributed by atoms with E-state index in [1.807, 2.05) is 30.3 Å². The van der Waals surface area contributed by atoms with Gasteiger partial charge in [0.15, 0.2) is 0 Å². The summed E-state index contributed by atoms with van der Waals surface area (Å²) in [4.78, 5) is 4.27. The molecule has 0 radical (unpaired) electrons. The lowest BCUT2D eigenvalue weighted by atomic mass is 10.0. The molecule has 0 amide bonds. The SMILES string of the molecule is OCC(CNCc1ccccc1O)Cc1ccccn1. The van der Waals surface area contributed by atoms with Crippen LogP contribution in [0.3, 0.4) is 0 Å². The quantitative estimate of drug-likeness (QED) is 0.718. The molecule has 1 heterocycles. The molecule has 0 aliphatic carbocycles. The fraction of sp³-hybridized carbons (Fsp3) is 0.312. The molecule has 2 aromatic rings. The van der Waals surface area contributed by atoms with E-state index in [1.54, 1.807) is 18.3 Å². The Morgan fingerprint density at radius 1 is 1.10 bits per heavy atom. The second-order valence-corrected chi connectivity index (χ2v) is 4.83. The monoisotopic (exact) mass is 272 g/mol. The summed E-state index contributed by atoms with van der Waals surface area (Å²) in [5.41, 5.74) is 1.85. The summed E-state index contributed by atoms with van der Waals surface area (Å²) in [5.74, 6) is 0.418. The van der Waals surface area contributed by atoms with Crippen molar-refractivity contribution in [3.63, 3.8) is 0 Å². The second-order valence-electron chi connectivity index (χ2n) is 4.83. The molecule has 1 unspecified atom stereocenters. The molecule has 2 rings (SSSR count). The van der Waals surface area contributed by atoms with E-state index in [9.17, 15) is 10.2 Å². The summed E-state index contributed by atoms with van der Waals surface area (Å²) in [6.07, 6.45) is 2.50. The standard InChI is InChI=1S/C16H20N2O2/c19-12-13(9-15-6-3-4-8-18-15)10-17-11-14-5-1-2-7-16(14)20/h1-8,13,17,19-20H,9-12H2. The largest absolute Gasteiger partial charge is 0.508 e. The number of nitrogens with one attached hydrogen (secondary N) is 1. The topological polar surface area (TPSA) is 65.4 Å². The number of nitrogens with zero attached hydrogens (tertiary/aromatic N) is 1. The summed E-state index contributed by atoms with van der Waals surface area (Å²) in [6.45, 7) is 1.39. The average Bonchev–Trinajstić information content (AvgIpc) is 2.49. The van der Waals surface area contributed by atoms with Crippen LogP contribution in [-0.2, 0) is 13.0 Å². The van der Waals surface area contributed by atoms with Gasteiger partial charge in [-0.1, -0.05) is 24.3 Å². The van der Waals surface area contributed by atoms with Crippen LogP contribution in [0.5, 0.6) is 5.75 Å². The number of phenols is 1. The van der Waals surface area contributed by atoms with Crippen molar-refractivity contribution >= 4 is 0 Å². The summed E-state index contributed by atoms with van der Waals surface area (Å²) in [6, 6.07) is 13.1. The van der Waals surface area contributed by atoms with Crippen molar-refractivity contribution in [3.8, 4) is 5.75 Å². The first-order valence-corrected chi connectivity index (χ1v) is 6.78. The number of aliphatic hydroxyl groups excluding tert-OH is 1. The molecule has 0 aliphatic heterocycles. The molecular weight excluding hydrogens is 252 g/mol. The van der Waals surface area contributed by atoms with Crippen LogP contribution in [-0.4, -0.2) is 28.3 Å². The zero-order valence-electron chi connectivity index (χ0n) is 11.4. The van der Waals surface area contributed by atoms with E-state index in [4.69, 9.17) is 0 Å². The van der Waals surface area contributed by atoms with Crippen LogP contribution in [0.25, 0.3) is 0 Å². The summed E-state index contributed by atoms with van der Waals surface area (Å²) in [7, 11) is 0. The Balaban J connectivity index is 1.81. The normalized spacial score (nSPS) is 12.2. The van der Waals surface area contributed by atoms with Gasteiger partial charge in [-0.2, -0.15) is 0 Å². The zero-order chi connectivity index (χ0) is 14.2. The number of aromatic nitrogens is 1. The Hall–Kier alpha value is -1.91. The van der Waals surface area contributed by atoms with Gasteiger partial charge in [-0.15, -0.1) is 0 Å². The number of pyridine rings is 1. The Morgan fingerprint density at radius 2 is 1.90 bits per heavy atom. The van der Waals surface area contributed by atoms with Crippen LogP contribution in [0.1, 0.15) is 11.3 Å². The average molecular weight is 272 g/mol. The van der Waals surface area contributed by atoms with Gasteiger partial charge >= 0.3 is 0 Å². The van der Waals surface area contributed by atoms with Gasteiger partial charge in [0.25, 0.3) is 0 Å². The summed E-state index contributed by atoms with van der Waals surface area (Å²) in [5, 5.41) is 22.4. The van der Waals surface area contributed by atoms with Gasteiger partial charge in [0.1, 0.15) is 5.75 Å². The molecular formula is C16H20N2O2. The molecule has 3 N–H and O–H groups in total. The van der Waals surface area contributed by atoms with Crippen molar-refractivity contribution in [1.82, 2.24) is 10.3 Å². The van der Waals surface area contributed by atoms with Crippen molar-refractivity contribution in [2.75, 3.05) is 13.2 Å². The molecule has 0 saturated heterocycles. The smallest absolute Gasteiger partial charge is 0.120 e. The van der Waals surface area contributed by atoms with Crippen LogP contribution in [0.15, 0.2) is 48.7 Å². The van der Waals surface area contributed by atoms with Crippen molar-refractivity contribution in [2.45, 2.75) is 13.0 Å². The number of hydrogen-bond acceptors (Lipinski definition) is 4. The number of rotatable bonds is 7. The van der Waals surface area contributed by atoms with E-state index in [-0.39, 0.29) is 12.5 Å². The highest BCUT2D eigenvalue weighted by molar-refractivity contribution is 5.31. The van der Waals surface area contributed by atoms with Crippen molar-refractivity contribution in [1.29, 1.82) is 0 Å². The molecule has 106 valence electrons. The molecule has 4 nitrogen and oxygen atoms in total. The van der Waals surface area contributed by atoms with Crippen molar-refractivity contribution < 1.29 is 10.2 Å². The highest BCUT2D eigenvalue weighted by atomic mass is 16.3. The van der Waals surface area contributed by atoms with E-state index >= 15 is 0 Å². The number of hydrogen-bond donors (Lipinski definition) is 3. The third-order valence-electron chi connectivity index (χ3n) is 3.22. The minimum Gasteiger partial charge on any atom is -0.508 e. The van der Waals surface area contributed by atoms with E-state index < -0.39 is 0 Å². The van der Waals surface area contributed by atoms with Crippen LogP contribution >= 0.6 is 0 Å². The third-order valence-corrected chi connectivity index (χ3v) is 3.22. The van der Waals surface area contributed by atoms with E-state index in [2.05, 4.69) is 10.3 Å². The second kappa shape index (κ2) is 7.62. The van der Waals surface area contributed by atoms with Gasteiger partial charge in [-0.3, -0.25) is 4.98 Å². The first-order chi connectivity index (χ1) is 9.79. The predicted octanol–water partition coefficient (Wildman–Crippen LogP) is 1.73. The highest BCUT2D eigenvalue weighted by Gasteiger charge is 2.09. The van der Waals surface area contributed by atoms with E-state index in [0.717, 1.165) is 17.7 Å². The molecule has 1 atom stereocenters. The van der Waals surface area contributed by atoms with Crippen LogP contribution in [0.2, 0.25) is 0 Å². The number of para-hydroxylation sites is 1. The number of aromatic hydroxyl groups is 1. The number of benzene rings is 1. The molecule has 0 fully saturated rings.